The smallest absolute Gasteiger partial charge is 0.119 e. The number of hydrogen-bond acceptors (Lipinski definition) is 3. The topological polar surface area (TPSA) is 21.7 Å². The molecule has 0 aliphatic heterocycles. The molecule has 0 saturated carbocycles. The number of benzene rings is 6. The van der Waals surface area contributed by atoms with Gasteiger partial charge in [0, 0.05) is 120 Å². The number of unbranched alkanes of at least 4 members (excludes halogenated alkanes) is 1. The second kappa shape index (κ2) is 32.6. The fourth-order valence-corrected chi connectivity index (χ4v) is 7.05. The average molecular weight is 1340 g/mol. The summed E-state index contributed by atoms with van der Waals surface area (Å²) in [5.41, 5.74) is 12.8. The van der Waals surface area contributed by atoms with Gasteiger partial charge in [0.15, 0.2) is 0 Å². The summed E-state index contributed by atoms with van der Waals surface area (Å²) in [4.78, 5) is 2.31. The molecule has 0 aliphatic carbocycles. The third-order valence-corrected chi connectivity index (χ3v) is 10.6. The second-order valence-electron chi connectivity index (χ2n) is 16.1. The van der Waals surface area contributed by atoms with Crippen molar-refractivity contribution in [2.75, 3.05) is 26.8 Å². The predicted molar refractivity (Wildman–Crippen MR) is 254 cm³/mol. The van der Waals surface area contributed by atoms with E-state index < -0.39 is 0 Å². The molecule has 0 aliphatic rings. The molecule has 0 amide bonds. The van der Waals surface area contributed by atoms with E-state index in [-0.39, 0.29) is 113 Å². The Balaban J connectivity index is 0.000000607. The summed E-state index contributed by atoms with van der Waals surface area (Å²) >= 11 is 0. The largest absolute Gasteiger partial charge is 0.494 e. The molecule has 0 fully saturated rings. The van der Waals surface area contributed by atoms with Crippen LogP contribution in [-0.2, 0) is 108 Å². The fraction of sp³-hybridized carbons (Fsp3) is 0.298. The van der Waals surface area contributed by atoms with Crippen LogP contribution in [0.3, 0.4) is 0 Å². The third kappa shape index (κ3) is 18.9. The zero-order valence-corrected chi connectivity index (χ0v) is 50.5. The van der Waals surface area contributed by atoms with Gasteiger partial charge < -0.3 is 9.47 Å². The molecule has 0 saturated heterocycles. The molecule has 0 unspecified atom stereocenters. The maximum atomic E-state index is 6.04. The van der Waals surface area contributed by atoms with Crippen LogP contribution >= 0.6 is 0 Å². The van der Waals surface area contributed by atoms with Gasteiger partial charge in [-0.05, 0) is 93.6 Å². The van der Waals surface area contributed by atoms with Crippen molar-refractivity contribution in [3.8, 4) is 11.5 Å². The van der Waals surface area contributed by atoms with Gasteiger partial charge in [-0.15, -0.1) is 22.3 Å². The molecule has 6 aromatic rings. The molecule has 64 heavy (non-hydrogen) atoms. The molecule has 0 aromatic heterocycles. The van der Waals surface area contributed by atoms with Crippen molar-refractivity contribution in [1.82, 2.24) is 4.90 Å². The van der Waals surface area contributed by atoms with Crippen LogP contribution in [0.15, 0.2) is 146 Å². The monoisotopic (exact) mass is 1340 g/mol. The van der Waals surface area contributed by atoms with Crippen molar-refractivity contribution >= 4 is 22.3 Å². The molecule has 330 valence electrons. The Morgan fingerprint density at radius 2 is 0.766 bits per heavy atom. The molecule has 3 nitrogen and oxygen atoms in total. The van der Waals surface area contributed by atoms with Gasteiger partial charge in [0.1, 0.15) is 18.1 Å². The number of nitrogens with zero attached hydrogens (tertiary/aromatic N) is 1. The van der Waals surface area contributed by atoms with E-state index in [4.69, 9.17) is 9.47 Å². The van der Waals surface area contributed by atoms with Crippen LogP contribution in [0.25, 0.3) is 22.3 Å². The molecular formula is C57H63NO2W2Y2-4. The van der Waals surface area contributed by atoms with E-state index in [2.05, 4.69) is 175 Å². The van der Waals surface area contributed by atoms with Gasteiger partial charge in [0.05, 0.1) is 6.61 Å². The summed E-state index contributed by atoms with van der Waals surface area (Å²) in [5, 5.41) is 0. The minimum atomic E-state index is 0. The van der Waals surface area contributed by atoms with Crippen LogP contribution in [0.2, 0.25) is 0 Å². The molecule has 7 heteroatoms. The summed E-state index contributed by atoms with van der Waals surface area (Å²) in [7, 11) is 2.14. The van der Waals surface area contributed by atoms with E-state index in [9.17, 15) is 0 Å². The van der Waals surface area contributed by atoms with Gasteiger partial charge in [-0.3, -0.25) is 4.90 Å². The zero-order chi connectivity index (χ0) is 42.6. The first-order valence-electron chi connectivity index (χ1n) is 21.7. The molecular weight excluding hydrogens is 1280 g/mol. The molecule has 0 N–H and O–H groups in total. The van der Waals surface area contributed by atoms with Gasteiger partial charge in [-0.25, -0.2) is 0 Å². The van der Waals surface area contributed by atoms with Gasteiger partial charge in [-0.1, -0.05) is 75.4 Å². The first-order valence-corrected chi connectivity index (χ1v) is 21.7. The molecule has 0 spiro atoms. The van der Waals surface area contributed by atoms with Crippen molar-refractivity contribution in [2.45, 2.75) is 85.6 Å². The van der Waals surface area contributed by atoms with Crippen LogP contribution < -0.4 is 9.47 Å². The van der Waals surface area contributed by atoms with Crippen molar-refractivity contribution in [3.63, 3.8) is 0 Å². The summed E-state index contributed by atoms with van der Waals surface area (Å²) in [6.07, 6.45) is 6.43. The van der Waals surface area contributed by atoms with E-state index in [1.54, 1.807) is 0 Å². The second-order valence-corrected chi connectivity index (χ2v) is 16.1. The molecule has 0 bridgehead atoms. The first kappa shape index (κ1) is 60.0. The van der Waals surface area contributed by atoms with Crippen LogP contribution in [-0.4, -0.2) is 37.2 Å². The molecule has 2 radical (unpaired) electrons. The minimum Gasteiger partial charge on any atom is -0.494 e. The van der Waals surface area contributed by atoms with Crippen LogP contribution in [0.4, 0.5) is 0 Å². The minimum absolute atomic E-state index is 0. The maximum Gasteiger partial charge on any atom is 0.119 e. The first-order chi connectivity index (χ1) is 29.2. The normalized spacial score (nSPS) is 11.4. The Morgan fingerprint density at radius 3 is 1.08 bits per heavy atom. The summed E-state index contributed by atoms with van der Waals surface area (Å²) < 4.78 is 11.9. The predicted octanol–water partition coefficient (Wildman–Crippen LogP) is 14.4. The van der Waals surface area contributed by atoms with E-state index >= 15 is 0 Å². The number of allylic oxidation sites excluding steroid dienone is 2. The average Bonchev–Trinajstić information content (AvgIpc) is 3.28. The van der Waals surface area contributed by atoms with Crippen LogP contribution in [0.1, 0.15) is 113 Å². The molecule has 6 aromatic carbocycles. The maximum absolute atomic E-state index is 6.04. The van der Waals surface area contributed by atoms with Gasteiger partial charge >= 0.3 is 0 Å². The van der Waals surface area contributed by atoms with Gasteiger partial charge in [0.2, 0.25) is 0 Å². The molecule has 0 atom stereocenters. The quantitative estimate of drug-likeness (QED) is 0.0486. The fourth-order valence-electron chi connectivity index (χ4n) is 7.05. The summed E-state index contributed by atoms with van der Waals surface area (Å²) in [6.45, 7) is 15.6. The standard InChI is InChI=1S/C30H35NO.C27H28O.2W.2Y/c1-6-13-28(24-14-9-7-10-15-24)29(25-16-11-8-12-17-25)26-18-20-27(21-19-26)32-23-22-31(5)30(2,3)4;1-3-5-21-28-25-19-17-24(18-20-25)27(23-15-10-7-11-16-23)26(12-4-2)22-13-8-6-9-14-22;;;;/h9-12,14-21H,6,13,22-23H2,1-5H3;8-11,13-20H,3-5,12,21H2,1-2H3;;;;/q2*-2;;;;/b29-28-;27-26-;;;;. The van der Waals surface area contributed by atoms with E-state index in [0.29, 0.717) is 6.61 Å². The Bertz CT molecular complexity index is 2190. The zero-order valence-electron chi connectivity index (χ0n) is 39.0. The Morgan fingerprint density at radius 1 is 0.453 bits per heavy atom. The van der Waals surface area contributed by atoms with Crippen molar-refractivity contribution in [3.05, 3.63) is 203 Å². The number of rotatable bonds is 18. The van der Waals surface area contributed by atoms with Gasteiger partial charge in [0.25, 0.3) is 0 Å². The van der Waals surface area contributed by atoms with Crippen LogP contribution in [0, 0.1) is 24.3 Å². The molecule has 6 rings (SSSR count). The SMILES string of the molecule is CCC/C(=C(\c1cc[c-]cc1)c1ccc(OCCN(C)C(C)(C)C)cc1)c1cc[c-]cc1.CCCCOc1ccc(/C(=C(/CCC)c2cc[c-]cc2)c2cc[c-]cc2)cc1.[W].[W].[Y].[Y]. The Labute approximate surface area is 466 Å². The summed E-state index contributed by atoms with van der Waals surface area (Å²) in [6, 6.07) is 62.8. The summed E-state index contributed by atoms with van der Waals surface area (Å²) in [5.74, 6) is 1.84. The van der Waals surface area contributed by atoms with Crippen molar-refractivity contribution < 1.29 is 117 Å². The van der Waals surface area contributed by atoms with Crippen molar-refractivity contribution in [2.24, 2.45) is 0 Å². The van der Waals surface area contributed by atoms with Crippen molar-refractivity contribution in [1.29, 1.82) is 0 Å². The molecule has 0 heterocycles. The van der Waals surface area contributed by atoms with E-state index in [1.165, 1.54) is 55.7 Å². The Hall–Kier alpha value is -2.06. The number of ether oxygens (including phenoxy) is 2. The van der Waals surface area contributed by atoms with E-state index in [0.717, 1.165) is 63.2 Å². The van der Waals surface area contributed by atoms with Gasteiger partial charge in [-0.2, -0.15) is 121 Å². The Kier molecular flexibility index (Phi) is 30.6. The number of hydrogen-bond donors (Lipinski definition) is 0. The van der Waals surface area contributed by atoms with Crippen LogP contribution in [0.5, 0.6) is 11.5 Å². The third-order valence-electron chi connectivity index (χ3n) is 10.6. The van der Waals surface area contributed by atoms with E-state index in [1.807, 2.05) is 48.5 Å². The number of likely N-dealkylation sites (N-methyl/N-ethyl adjacent to an activating group) is 1.